The van der Waals surface area contributed by atoms with Crippen molar-refractivity contribution in [3.05, 3.63) is 35.8 Å². The standard InChI is InChI=1S/C22H19F6N7O3/c1-38-19-10(18(36)33-14-7-34(6-13(14)23)20(37)12-4-21(12,24)25)2-9(5-30-19)15-3-11(22(26,27)28)16-17(29)31-8-32-35(15)16/h2-3,5,8,12-14H,4,6-7H2,1H3,(H,33,36)(H2,29,31,32)/t12?,13-,14+/m0/s1. The highest BCUT2D eigenvalue weighted by molar-refractivity contribution is 5.98. The predicted molar refractivity (Wildman–Crippen MR) is 118 cm³/mol. The van der Waals surface area contributed by atoms with E-state index < -0.39 is 71.9 Å². The number of pyridine rings is 1. The number of alkyl halides is 6. The van der Waals surface area contributed by atoms with Gasteiger partial charge in [0, 0.05) is 24.7 Å². The van der Waals surface area contributed by atoms with E-state index in [0.717, 1.165) is 28.0 Å². The number of ether oxygens (including phenoxy) is 1. The van der Waals surface area contributed by atoms with Crippen molar-refractivity contribution in [1.29, 1.82) is 0 Å². The van der Waals surface area contributed by atoms with E-state index in [1.807, 2.05) is 0 Å². The van der Waals surface area contributed by atoms with Crippen LogP contribution in [0.5, 0.6) is 5.88 Å². The smallest absolute Gasteiger partial charge is 0.418 e. The van der Waals surface area contributed by atoms with Gasteiger partial charge in [0.05, 0.1) is 31.0 Å². The molecular weight excluding hydrogens is 524 g/mol. The Hall–Kier alpha value is -4.11. The number of halogens is 6. The molecule has 0 bridgehead atoms. The van der Waals surface area contributed by atoms with E-state index in [2.05, 4.69) is 20.4 Å². The average Bonchev–Trinajstić information content (AvgIpc) is 3.16. The van der Waals surface area contributed by atoms with E-state index in [9.17, 15) is 35.9 Å². The van der Waals surface area contributed by atoms with Crippen LogP contribution in [0.1, 0.15) is 22.3 Å². The zero-order chi connectivity index (χ0) is 27.6. The largest absolute Gasteiger partial charge is 0.480 e. The van der Waals surface area contributed by atoms with Crippen molar-refractivity contribution >= 4 is 23.1 Å². The minimum atomic E-state index is -4.80. The summed E-state index contributed by atoms with van der Waals surface area (Å²) in [4.78, 5) is 33.8. The molecule has 0 spiro atoms. The van der Waals surface area contributed by atoms with Crippen LogP contribution in [-0.4, -0.2) is 74.6 Å². The third-order valence-corrected chi connectivity index (χ3v) is 6.47. The molecule has 0 radical (unpaired) electrons. The highest BCUT2D eigenvalue weighted by Gasteiger charge is 2.63. The molecule has 3 aromatic rings. The fourth-order valence-corrected chi connectivity index (χ4v) is 4.44. The zero-order valence-electron chi connectivity index (χ0n) is 19.5. The van der Waals surface area contributed by atoms with Gasteiger partial charge in [0.25, 0.3) is 11.8 Å². The first-order valence-corrected chi connectivity index (χ1v) is 11.2. The minimum absolute atomic E-state index is 0.0236. The maximum atomic E-state index is 14.6. The van der Waals surface area contributed by atoms with E-state index in [0.29, 0.717) is 0 Å². The number of rotatable bonds is 5. The van der Waals surface area contributed by atoms with E-state index in [1.165, 1.54) is 13.2 Å². The van der Waals surface area contributed by atoms with Crippen LogP contribution in [0.25, 0.3) is 16.8 Å². The first-order chi connectivity index (χ1) is 17.8. The number of hydrogen-bond acceptors (Lipinski definition) is 7. The molecule has 2 aliphatic rings. The van der Waals surface area contributed by atoms with Crippen LogP contribution in [0.2, 0.25) is 0 Å². The Morgan fingerprint density at radius 3 is 2.55 bits per heavy atom. The lowest BCUT2D eigenvalue weighted by atomic mass is 10.1. The lowest BCUT2D eigenvalue weighted by molar-refractivity contribution is -0.136. The molecular formula is C22H19F6N7O3. The van der Waals surface area contributed by atoms with Gasteiger partial charge in [-0.3, -0.25) is 9.59 Å². The number of carbonyl (C=O) groups is 2. The second-order valence-corrected chi connectivity index (χ2v) is 8.98. The van der Waals surface area contributed by atoms with Crippen molar-refractivity contribution in [2.75, 3.05) is 25.9 Å². The van der Waals surface area contributed by atoms with Crippen LogP contribution in [-0.2, 0) is 11.0 Å². The first-order valence-electron chi connectivity index (χ1n) is 11.2. The molecule has 3 N–H and O–H groups in total. The molecule has 202 valence electrons. The van der Waals surface area contributed by atoms with Crippen LogP contribution in [0.3, 0.4) is 0 Å². The monoisotopic (exact) mass is 543 g/mol. The molecule has 2 amide bonds. The summed E-state index contributed by atoms with van der Waals surface area (Å²) in [5.74, 6) is -7.04. The summed E-state index contributed by atoms with van der Waals surface area (Å²) in [6.07, 6.45) is -5.02. The number of methoxy groups -OCH3 is 1. The van der Waals surface area contributed by atoms with Crippen molar-refractivity contribution in [3.8, 4) is 17.1 Å². The summed E-state index contributed by atoms with van der Waals surface area (Å²) in [5.41, 5.74) is 3.73. The summed E-state index contributed by atoms with van der Waals surface area (Å²) >= 11 is 0. The van der Waals surface area contributed by atoms with Gasteiger partial charge < -0.3 is 20.7 Å². The number of carbonyl (C=O) groups excluding carboxylic acids is 2. The second-order valence-electron chi connectivity index (χ2n) is 8.98. The van der Waals surface area contributed by atoms with Gasteiger partial charge in [-0.2, -0.15) is 18.3 Å². The minimum Gasteiger partial charge on any atom is -0.480 e. The number of nitrogen functional groups attached to an aromatic ring is 1. The van der Waals surface area contributed by atoms with Crippen LogP contribution >= 0.6 is 0 Å². The lowest BCUT2D eigenvalue weighted by Crippen LogP contribution is -2.42. The van der Waals surface area contributed by atoms with Crippen LogP contribution in [0, 0.1) is 5.92 Å². The topological polar surface area (TPSA) is 128 Å². The highest BCUT2D eigenvalue weighted by atomic mass is 19.4. The number of anilines is 1. The van der Waals surface area contributed by atoms with Gasteiger partial charge in [-0.25, -0.2) is 27.7 Å². The predicted octanol–water partition coefficient (Wildman–Crippen LogP) is 2.33. The van der Waals surface area contributed by atoms with Crippen LogP contribution in [0.4, 0.5) is 32.2 Å². The van der Waals surface area contributed by atoms with Crippen molar-refractivity contribution in [2.45, 2.75) is 30.7 Å². The third kappa shape index (κ3) is 4.32. The Labute approximate surface area is 209 Å². The van der Waals surface area contributed by atoms with Crippen molar-refractivity contribution in [2.24, 2.45) is 5.92 Å². The van der Waals surface area contributed by atoms with Crippen LogP contribution < -0.4 is 15.8 Å². The molecule has 2 fully saturated rings. The Balaban J connectivity index is 1.44. The number of nitrogens with zero attached hydrogens (tertiary/aromatic N) is 5. The van der Waals surface area contributed by atoms with E-state index >= 15 is 0 Å². The van der Waals surface area contributed by atoms with Crippen molar-refractivity contribution in [1.82, 2.24) is 29.8 Å². The maximum Gasteiger partial charge on any atom is 0.418 e. The summed E-state index contributed by atoms with van der Waals surface area (Å²) in [5, 5.41) is 6.23. The molecule has 1 aliphatic heterocycles. The Kier molecular flexibility index (Phi) is 5.87. The summed E-state index contributed by atoms with van der Waals surface area (Å²) in [7, 11) is 1.20. The van der Waals surface area contributed by atoms with E-state index in [4.69, 9.17) is 10.5 Å². The zero-order valence-corrected chi connectivity index (χ0v) is 19.5. The molecule has 10 nitrogen and oxygen atoms in total. The number of fused-ring (bicyclic) bond motifs is 1. The highest BCUT2D eigenvalue weighted by Crippen LogP contribution is 2.50. The van der Waals surface area contributed by atoms with Gasteiger partial charge in [-0.1, -0.05) is 0 Å². The third-order valence-electron chi connectivity index (χ3n) is 6.47. The summed E-state index contributed by atoms with van der Waals surface area (Å²) < 4.78 is 88.2. The van der Waals surface area contributed by atoms with Crippen LogP contribution in [0.15, 0.2) is 24.7 Å². The fourth-order valence-electron chi connectivity index (χ4n) is 4.44. The normalized spacial score (nSPS) is 22.5. The van der Waals surface area contributed by atoms with Crippen molar-refractivity contribution in [3.63, 3.8) is 0 Å². The fraction of sp³-hybridized carbons (Fsp3) is 0.409. The number of aromatic nitrogens is 4. The van der Waals surface area contributed by atoms with Gasteiger partial charge in [0.2, 0.25) is 11.8 Å². The first kappa shape index (κ1) is 25.5. The molecule has 1 saturated carbocycles. The van der Waals surface area contributed by atoms with Gasteiger partial charge in [0.15, 0.2) is 5.82 Å². The molecule has 38 heavy (non-hydrogen) atoms. The van der Waals surface area contributed by atoms with E-state index in [-0.39, 0.29) is 29.2 Å². The molecule has 1 saturated heterocycles. The Morgan fingerprint density at radius 2 is 1.92 bits per heavy atom. The summed E-state index contributed by atoms with van der Waals surface area (Å²) in [6.45, 7) is -0.800. The number of amides is 2. The second kappa shape index (κ2) is 8.73. The van der Waals surface area contributed by atoms with Crippen molar-refractivity contribution < 1.29 is 40.7 Å². The quantitative estimate of drug-likeness (QED) is 0.473. The SMILES string of the molecule is COc1ncc(-c2cc(C(F)(F)F)c3c(N)ncnn23)cc1C(=O)N[C@@H]1CN(C(=O)C2CC2(F)F)C[C@@H]1F. The Bertz CT molecular complexity index is 1440. The number of hydrogen-bond donors (Lipinski definition) is 2. The number of likely N-dealkylation sites (tertiary alicyclic amines) is 1. The number of nitrogens with two attached hydrogens (primary N) is 1. The lowest BCUT2D eigenvalue weighted by Gasteiger charge is -2.17. The molecule has 16 heteroatoms. The summed E-state index contributed by atoms with van der Waals surface area (Å²) in [6, 6.07) is 0.736. The maximum absolute atomic E-state index is 14.6. The molecule has 1 unspecified atom stereocenters. The Morgan fingerprint density at radius 1 is 1.21 bits per heavy atom. The number of nitrogens with one attached hydrogen (secondary N) is 1. The average molecular weight is 543 g/mol. The van der Waals surface area contributed by atoms with Gasteiger partial charge in [0.1, 0.15) is 29.5 Å². The van der Waals surface area contributed by atoms with E-state index in [1.54, 1.807) is 0 Å². The van der Waals surface area contributed by atoms with Gasteiger partial charge in [-0.15, -0.1) is 0 Å². The van der Waals surface area contributed by atoms with Gasteiger partial charge >= 0.3 is 6.18 Å². The molecule has 4 heterocycles. The van der Waals surface area contributed by atoms with Gasteiger partial charge in [-0.05, 0) is 12.1 Å². The molecule has 1 aliphatic carbocycles. The molecule has 3 atom stereocenters. The molecule has 5 rings (SSSR count). The molecule has 3 aromatic heterocycles. The molecule has 0 aromatic carbocycles.